The van der Waals surface area contributed by atoms with E-state index in [2.05, 4.69) is 9.97 Å². The summed E-state index contributed by atoms with van der Waals surface area (Å²) in [6.07, 6.45) is 0.0784. The molecule has 5 heteroatoms. The maximum atomic E-state index is 13.4. The lowest BCUT2D eigenvalue weighted by molar-refractivity contribution is 0.242. The molecule has 100 valence electrons. The van der Waals surface area contributed by atoms with Crippen LogP contribution in [-0.4, -0.2) is 16.1 Å². The summed E-state index contributed by atoms with van der Waals surface area (Å²) in [5.41, 5.74) is 0.966. The summed E-state index contributed by atoms with van der Waals surface area (Å²) >= 11 is 5.74. The Bertz CT molecular complexity index is 579. The maximum Gasteiger partial charge on any atom is 0.181 e. The fourth-order valence-electron chi connectivity index (χ4n) is 1.63. The molecule has 1 aromatic heterocycles. The predicted molar refractivity (Wildman–Crippen MR) is 72.9 cm³/mol. The Balaban J connectivity index is 2.41. The lowest BCUT2D eigenvalue weighted by Gasteiger charge is -2.11. The summed E-state index contributed by atoms with van der Waals surface area (Å²) in [5, 5.41) is -0.169. The molecule has 2 rings (SSSR count). The van der Waals surface area contributed by atoms with E-state index in [0.717, 1.165) is 5.56 Å². The van der Waals surface area contributed by atoms with Crippen LogP contribution in [0.2, 0.25) is 5.15 Å². The van der Waals surface area contributed by atoms with Crippen molar-refractivity contribution in [2.24, 2.45) is 0 Å². The number of halogens is 2. The van der Waals surface area contributed by atoms with E-state index in [1.54, 1.807) is 6.92 Å². The Kier molecular flexibility index (Phi) is 4.00. The highest BCUT2D eigenvalue weighted by Crippen LogP contribution is 2.24. The Hall–Kier alpha value is -1.68. The lowest BCUT2D eigenvalue weighted by Crippen LogP contribution is -2.05. The summed E-state index contributed by atoms with van der Waals surface area (Å²) < 4.78 is 19.0. The van der Waals surface area contributed by atoms with Gasteiger partial charge in [0.1, 0.15) is 5.75 Å². The Morgan fingerprint density at radius 3 is 2.63 bits per heavy atom. The van der Waals surface area contributed by atoms with E-state index in [1.807, 2.05) is 38.1 Å². The largest absolute Gasteiger partial charge is 0.491 e. The van der Waals surface area contributed by atoms with Gasteiger partial charge < -0.3 is 4.74 Å². The van der Waals surface area contributed by atoms with Gasteiger partial charge in [0.25, 0.3) is 0 Å². The molecule has 0 amide bonds. The number of nitrogens with zero attached hydrogens (tertiary/aromatic N) is 2. The third kappa shape index (κ3) is 3.20. The molecule has 0 radical (unpaired) electrons. The van der Waals surface area contributed by atoms with E-state index in [-0.39, 0.29) is 17.0 Å². The molecule has 0 aliphatic heterocycles. The molecule has 2 aromatic rings. The molecule has 0 bridgehead atoms. The van der Waals surface area contributed by atoms with Crippen molar-refractivity contribution in [3.8, 4) is 17.1 Å². The molecule has 1 aromatic carbocycles. The van der Waals surface area contributed by atoms with Gasteiger partial charge in [-0.3, -0.25) is 0 Å². The fraction of sp³-hybridized carbons (Fsp3) is 0.286. The minimum absolute atomic E-state index is 0.0784. The zero-order chi connectivity index (χ0) is 14.0. The highest BCUT2D eigenvalue weighted by molar-refractivity contribution is 6.29. The van der Waals surface area contributed by atoms with Crippen molar-refractivity contribution >= 4 is 11.6 Å². The van der Waals surface area contributed by atoms with Gasteiger partial charge in [-0.05, 0) is 32.9 Å². The summed E-state index contributed by atoms with van der Waals surface area (Å²) in [7, 11) is 0. The van der Waals surface area contributed by atoms with Crippen molar-refractivity contribution in [2.75, 3.05) is 0 Å². The van der Waals surface area contributed by atoms with Crippen molar-refractivity contribution in [3.05, 3.63) is 40.9 Å². The number of benzene rings is 1. The van der Waals surface area contributed by atoms with Crippen LogP contribution in [0.5, 0.6) is 5.75 Å². The SMILES string of the molecule is Cc1nc(-c2cccc(OC(C)C)c2)nc(Cl)c1F. The molecule has 1 heterocycles. The first kappa shape index (κ1) is 13.7. The second kappa shape index (κ2) is 5.53. The van der Waals surface area contributed by atoms with Gasteiger partial charge in [0, 0.05) is 5.56 Å². The molecule has 0 aliphatic rings. The second-order valence-corrected chi connectivity index (χ2v) is 4.79. The molecule has 3 nitrogen and oxygen atoms in total. The van der Waals surface area contributed by atoms with E-state index in [9.17, 15) is 4.39 Å². The van der Waals surface area contributed by atoms with Gasteiger partial charge >= 0.3 is 0 Å². The Labute approximate surface area is 116 Å². The van der Waals surface area contributed by atoms with E-state index in [0.29, 0.717) is 11.6 Å². The number of aromatic nitrogens is 2. The summed E-state index contributed by atoms with van der Waals surface area (Å²) in [6, 6.07) is 7.32. The molecular weight excluding hydrogens is 267 g/mol. The number of aryl methyl sites for hydroxylation is 1. The van der Waals surface area contributed by atoms with E-state index in [4.69, 9.17) is 16.3 Å². The van der Waals surface area contributed by atoms with Gasteiger partial charge in [-0.25, -0.2) is 14.4 Å². The van der Waals surface area contributed by atoms with Crippen molar-refractivity contribution < 1.29 is 9.13 Å². The van der Waals surface area contributed by atoms with Crippen LogP contribution in [0.15, 0.2) is 24.3 Å². The van der Waals surface area contributed by atoms with Gasteiger partial charge in [-0.1, -0.05) is 23.7 Å². The highest BCUT2D eigenvalue weighted by atomic mass is 35.5. The van der Waals surface area contributed by atoms with E-state index < -0.39 is 5.82 Å². The molecule has 0 aliphatic carbocycles. The van der Waals surface area contributed by atoms with Crippen LogP contribution < -0.4 is 4.74 Å². The minimum atomic E-state index is -0.583. The topological polar surface area (TPSA) is 35.0 Å². The zero-order valence-corrected chi connectivity index (χ0v) is 11.7. The molecule has 0 atom stereocenters. The monoisotopic (exact) mass is 280 g/mol. The average molecular weight is 281 g/mol. The molecule has 0 unspecified atom stereocenters. The van der Waals surface area contributed by atoms with Gasteiger partial charge in [-0.15, -0.1) is 0 Å². The maximum absolute atomic E-state index is 13.4. The third-order valence-electron chi connectivity index (χ3n) is 2.44. The quantitative estimate of drug-likeness (QED) is 0.796. The standard InChI is InChI=1S/C14H14ClFN2O/c1-8(2)19-11-6-4-5-10(7-11)14-17-9(3)12(16)13(15)18-14/h4-8H,1-3H3. The zero-order valence-electron chi connectivity index (χ0n) is 10.9. The van der Waals surface area contributed by atoms with Crippen molar-refractivity contribution in [1.29, 1.82) is 0 Å². The molecule has 19 heavy (non-hydrogen) atoms. The first-order chi connectivity index (χ1) is 8.97. The number of hydrogen-bond donors (Lipinski definition) is 0. The molecular formula is C14H14ClFN2O. The van der Waals surface area contributed by atoms with Gasteiger partial charge in [0.05, 0.1) is 11.8 Å². The first-order valence-corrected chi connectivity index (χ1v) is 6.32. The highest BCUT2D eigenvalue weighted by Gasteiger charge is 2.11. The summed E-state index contributed by atoms with van der Waals surface area (Å²) in [5.74, 6) is 0.521. The lowest BCUT2D eigenvalue weighted by atomic mass is 10.2. The van der Waals surface area contributed by atoms with Gasteiger partial charge in [-0.2, -0.15) is 0 Å². The van der Waals surface area contributed by atoms with Crippen LogP contribution in [0.25, 0.3) is 11.4 Å². The molecule has 0 spiro atoms. The second-order valence-electron chi connectivity index (χ2n) is 4.43. The molecule has 0 saturated carbocycles. The van der Waals surface area contributed by atoms with Crippen molar-refractivity contribution in [2.45, 2.75) is 26.9 Å². The van der Waals surface area contributed by atoms with Gasteiger partial charge in [0.2, 0.25) is 0 Å². The van der Waals surface area contributed by atoms with Crippen LogP contribution >= 0.6 is 11.6 Å². The average Bonchev–Trinajstić information content (AvgIpc) is 2.35. The van der Waals surface area contributed by atoms with Crippen molar-refractivity contribution in [3.63, 3.8) is 0 Å². The predicted octanol–water partition coefficient (Wildman–Crippen LogP) is 4.03. The third-order valence-corrected chi connectivity index (χ3v) is 2.69. The molecule has 0 N–H and O–H groups in total. The van der Waals surface area contributed by atoms with E-state index >= 15 is 0 Å². The number of rotatable bonds is 3. The summed E-state index contributed by atoms with van der Waals surface area (Å²) in [4.78, 5) is 8.05. The van der Waals surface area contributed by atoms with Crippen LogP contribution in [0, 0.1) is 12.7 Å². The van der Waals surface area contributed by atoms with Gasteiger partial charge in [0.15, 0.2) is 16.8 Å². The number of hydrogen-bond acceptors (Lipinski definition) is 3. The Morgan fingerprint density at radius 1 is 1.26 bits per heavy atom. The van der Waals surface area contributed by atoms with Crippen LogP contribution in [0.1, 0.15) is 19.5 Å². The number of ether oxygens (including phenoxy) is 1. The molecule has 0 saturated heterocycles. The summed E-state index contributed by atoms with van der Waals surface area (Å²) in [6.45, 7) is 5.45. The van der Waals surface area contributed by atoms with Crippen LogP contribution in [0.3, 0.4) is 0 Å². The van der Waals surface area contributed by atoms with Crippen LogP contribution in [0.4, 0.5) is 4.39 Å². The normalized spacial score (nSPS) is 10.8. The fourth-order valence-corrected chi connectivity index (χ4v) is 1.85. The van der Waals surface area contributed by atoms with Crippen LogP contribution in [-0.2, 0) is 0 Å². The minimum Gasteiger partial charge on any atom is -0.491 e. The van der Waals surface area contributed by atoms with E-state index in [1.165, 1.54) is 0 Å². The van der Waals surface area contributed by atoms with Crippen molar-refractivity contribution in [1.82, 2.24) is 9.97 Å². The molecule has 0 fully saturated rings. The first-order valence-electron chi connectivity index (χ1n) is 5.94. The smallest absolute Gasteiger partial charge is 0.181 e. The Morgan fingerprint density at radius 2 is 2.00 bits per heavy atom.